The predicted octanol–water partition coefficient (Wildman–Crippen LogP) is 4.47. The maximum Gasteiger partial charge on any atom is 0.261 e. The molecule has 4 rings (SSSR count). The Balaban J connectivity index is 1.80. The van der Waals surface area contributed by atoms with Gasteiger partial charge in [-0.2, -0.15) is 5.10 Å². The van der Waals surface area contributed by atoms with Crippen molar-refractivity contribution < 1.29 is 22.4 Å². The predicted molar refractivity (Wildman–Crippen MR) is 97.1 cm³/mol. The SMILES string of the molecule is O=C(Nc1ccc(F)c(F)c1F)c1cnn(-c2ccccc2F)c1-n1cccc1. The molecule has 146 valence electrons. The van der Waals surface area contributed by atoms with Crippen LogP contribution in [0.1, 0.15) is 10.4 Å². The minimum Gasteiger partial charge on any atom is -0.319 e. The Morgan fingerprint density at radius 3 is 2.31 bits per heavy atom. The van der Waals surface area contributed by atoms with Crippen LogP contribution in [0.25, 0.3) is 11.5 Å². The summed E-state index contributed by atoms with van der Waals surface area (Å²) in [7, 11) is 0. The van der Waals surface area contributed by atoms with E-state index in [0.717, 1.165) is 6.07 Å². The van der Waals surface area contributed by atoms with Crippen molar-refractivity contribution in [2.75, 3.05) is 5.32 Å². The average molecular weight is 400 g/mol. The lowest BCUT2D eigenvalue weighted by Gasteiger charge is -2.12. The van der Waals surface area contributed by atoms with Gasteiger partial charge >= 0.3 is 0 Å². The van der Waals surface area contributed by atoms with Crippen molar-refractivity contribution in [3.8, 4) is 11.5 Å². The zero-order chi connectivity index (χ0) is 20.5. The minimum absolute atomic E-state index is 0.0337. The molecule has 0 radical (unpaired) electrons. The average Bonchev–Trinajstić information content (AvgIpc) is 3.38. The first-order valence-electron chi connectivity index (χ1n) is 8.38. The highest BCUT2D eigenvalue weighted by Crippen LogP contribution is 2.24. The topological polar surface area (TPSA) is 51.9 Å². The molecule has 0 bridgehead atoms. The van der Waals surface area contributed by atoms with Gasteiger partial charge in [0.05, 0.1) is 11.9 Å². The van der Waals surface area contributed by atoms with E-state index in [-0.39, 0.29) is 17.1 Å². The van der Waals surface area contributed by atoms with Crippen LogP contribution < -0.4 is 5.32 Å². The molecule has 4 aromatic rings. The Labute approximate surface area is 161 Å². The van der Waals surface area contributed by atoms with Crippen LogP contribution in [-0.2, 0) is 0 Å². The Morgan fingerprint density at radius 2 is 1.59 bits per heavy atom. The number of carbonyl (C=O) groups is 1. The maximum atomic E-state index is 14.3. The summed E-state index contributed by atoms with van der Waals surface area (Å²) in [5, 5.41) is 6.28. The molecule has 0 saturated carbocycles. The van der Waals surface area contributed by atoms with Crippen LogP contribution in [0, 0.1) is 23.3 Å². The van der Waals surface area contributed by atoms with Crippen LogP contribution in [0.15, 0.2) is 67.1 Å². The van der Waals surface area contributed by atoms with Crippen molar-refractivity contribution in [2.45, 2.75) is 0 Å². The minimum atomic E-state index is -1.70. The van der Waals surface area contributed by atoms with Gasteiger partial charge in [0.1, 0.15) is 17.1 Å². The number of hydrogen-bond acceptors (Lipinski definition) is 2. The van der Waals surface area contributed by atoms with Gasteiger partial charge in [0, 0.05) is 12.4 Å². The fraction of sp³-hybridized carbons (Fsp3) is 0. The summed E-state index contributed by atoms with van der Waals surface area (Å²) in [6, 6.07) is 10.8. The van der Waals surface area contributed by atoms with Gasteiger partial charge in [-0.15, -0.1) is 0 Å². The Bertz CT molecular complexity index is 1200. The van der Waals surface area contributed by atoms with Crippen molar-refractivity contribution in [1.29, 1.82) is 0 Å². The van der Waals surface area contributed by atoms with Gasteiger partial charge in [0.25, 0.3) is 5.91 Å². The quantitative estimate of drug-likeness (QED) is 0.406. The lowest BCUT2D eigenvalue weighted by Crippen LogP contribution is -2.17. The molecule has 29 heavy (non-hydrogen) atoms. The van der Waals surface area contributed by atoms with Gasteiger partial charge < -0.3 is 9.88 Å². The maximum absolute atomic E-state index is 14.3. The Hall–Kier alpha value is -3.88. The highest BCUT2D eigenvalue weighted by Gasteiger charge is 2.23. The second kappa shape index (κ2) is 7.27. The fourth-order valence-electron chi connectivity index (χ4n) is 2.84. The zero-order valence-electron chi connectivity index (χ0n) is 14.6. The van der Waals surface area contributed by atoms with Gasteiger partial charge in [-0.05, 0) is 36.4 Å². The summed E-state index contributed by atoms with van der Waals surface area (Å²) in [5.41, 5.74) is -0.478. The van der Waals surface area contributed by atoms with Crippen LogP contribution >= 0.6 is 0 Å². The van der Waals surface area contributed by atoms with Crippen molar-refractivity contribution in [2.24, 2.45) is 0 Å². The second-order valence-electron chi connectivity index (χ2n) is 6.01. The number of aromatic nitrogens is 3. The number of nitrogens with one attached hydrogen (secondary N) is 1. The standard InChI is InChI=1S/C20H12F4N4O/c21-13-5-1-2-6-16(13)28-20(27-9-3-4-10-27)12(11-25-28)19(29)26-15-8-7-14(22)17(23)18(15)24/h1-11H,(H,26,29). The summed E-state index contributed by atoms with van der Waals surface area (Å²) in [4.78, 5) is 12.8. The first kappa shape index (κ1) is 18.5. The summed E-state index contributed by atoms with van der Waals surface area (Å²) >= 11 is 0. The third kappa shape index (κ3) is 3.27. The highest BCUT2D eigenvalue weighted by molar-refractivity contribution is 6.06. The zero-order valence-corrected chi connectivity index (χ0v) is 14.6. The number of hydrogen-bond donors (Lipinski definition) is 1. The van der Waals surface area contributed by atoms with Gasteiger partial charge in [-0.25, -0.2) is 22.2 Å². The van der Waals surface area contributed by atoms with E-state index in [9.17, 15) is 22.4 Å². The monoisotopic (exact) mass is 400 g/mol. The van der Waals surface area contributed by atoms with E-state index in [4.69, 9.17) is 0 Å². The molecule has 0 fully saturated rings. The first-order valence-corrected chi connectivity index (χ1v) is 8.38. The third-order valence-corrected chi connectivity index (χ3v) is 4.20. The van der Waals surface area contributed by atoms with Crippen LogP contribution in [0.2, 0.25) is 0 Å². The molecule has 0 aliphatic heterocycles. The summed E-state index contributed by atoms with van der Waals surface area (Å²) < 4.78 is 57.5. The van der Waals surface area contributed by atoms with E-state index in [1.165, 1.54) is 33.6 Å². The number of halogens is 4. The number of para-hydroxylation sites is 1. The van der Waals surface area contributed by atoms with E-state index in [1.807, 2.05) is 0 Å². The molecular formula is C20H12F4N4O. The number of benzene rings is 2. The number of amides is 1. The van der Waals surface area contributed by atoms with Crippen LogP contribution in [0.3, 0.4) is 0 Å². The first-order chi connectivity index (χ1) is 14.0. The van der Waals surface area contributed by atoms with Crippen molar-refractivity contribution in [1.82, 2.24) is 14.3 Å². The number of anilines is 1. The molecule has 0 aliphatic rings. The summed E-state index contributed by atoms with van der Waals surface area (Å²) in [6.07, 6.45) is 4.40. The van der Waals surface area contributed by atoms with Crippen LogP contribution in [0.5, 0.6) is 0 Å². The molecule has 1 amide bonds. The van der Waals surface area contributed by atoms with Crippen LogP contribution in [-0.4, -0.2) is 20.3 Å². The van der Waals surface area contributed by atoms with Crippen molar-refractivity contribution in [3.63, 3.8) is 0 Å². The molecule has 0 aliphatic carbocycles. The summed E-state index contributed by atoms with van der Waals surface area (Å²) in [6.45, 7) is 0. The largest absolute Gasteiger partial charge is 0.319 e. The molecule has 0 atom stereocenters. The lowest BCUT2D eigenvalue weighted by molar-refractivity contribution is 0.102. The lowest BCUT2D eigenvalue weighted by atomic mass is 10.2. The second-order valence-corrected chi connectivity index (χ2v) is 6.01. The number of nitrogens with zero attached hydrogens (tertiary/aromatic N) is 3. The molecule has 2 aromatic heterocycles. The molecule has 5 nitrogen and oxygen atoms in total. The normalized spacial score (nSPS) is 10.9. The molecule has 2 aromatic carbocycles. The van der Waals surface area contributed by atoms with E-state index in [0.29, 0.717) is 6.07 Å². The van der Waals surface area contributed by atoms with Gasteiger partial charge in [0.15, 0.2) is 23.3 Å². The molecular weight excluding hydrogens is 388 g/mol. The number of rotatable bonds is 4. The van der Waals surface area contributed by atoms with E-state index in [2.05, 4.69) is 10.4 Å². The molecule has 0 spiro atoms. The van der Waals surface area contributed by atoms with Crippen molar-refractivity contribution >= 4 is 11.6 Å². The highest BCUT2D eigenvalue weighted by atomic mass is 19.2. The van der Waals surface area contributed by atoms with Gasteiger partial charge in [-0.3, -0.25) is 4.79 Å². The molecule has 1 N–H and O–H groups in total. The van der Waals surface area contributed by atoms with E-state index in [1.54, 1.807) is 30.6 Å². The Morgan fingerprint density at radius 1 is 0.862 bits per heavy atom. The van der Waals surface area contributed by atoms with Gasteiger partial charge in [-0.1, -0.05) is 12.1 Å². The Kier molecular flexibility index (Phi) is 4.63. The fourth-order valence-corrected chi connectivity index (χ4v) is 2.84. The van der Waals surface area contributed by atoms with Crippen LogP contribution in [0.4, 0.5) is 23.2 Å². The van der Waals surface area contributed by atoms with E-state index >= 15 is 0 Å². The molecule has 0 unspecified atom stereocenters. The van der Waals surface area contributed by atoms with Crippen molar-refractivity contribution in [3.05, 3.63) is 96.0 Å². The van der Waals surface area contributed by atoms with E-state index < -0.39 is 34.9 Å². The van der Waals surface area contributed by atoms with Gasteiger partial charge in [0.2, 0.25) is 0 Å². The number of carbonyl (C=O) groups excluding carboxylic acids is 1. The summed E-state index contributed by atoms with van der Waals surface area (Å²) in [5.74, 6) is -5.82. The smallest absolute Gasteiger partial charge is 0.261 e. The molecule has 2 heterocycles. The molecule has 0 saturated heterocycles. The molecule has 9 heteroatoms. The third-order valence-electron chi connectivity index (χ3n) is 4.20.